The van der Waals surface area contributed by atoms with Gasteiger partial charge < -0.3 is 4.42 Å². The molecule has 5 nitrogen and oxygen atoms in total. The van der Waals surface area contributed by atoms with E-state index in [1.54, 1.807) is 30.1 Å². The largest absolute Gasteiger partial charge is 0.441 e. The van der Waals surface area contributed by atoms with E-state index in [9.17, 15) is 9.18 Å². The van der Waals surface area contributed by atoms with Gasteiger partial charge in [-0.1, -0.05) is 35.6 Å². The number of carbonyl (C=O) groups is 1. The monoisotopic (exact) mass is 381 g/mol. The Labute approximate surface area is 159 Å². The third-order valence-electron chi connectivity index (χ3n) is 4.19. The minimum atomic E-state index is -0.369. The van der Waals surface area contributed by atoms with Gasteiger partial charge in [-0.05, 0) is 24.3 Å². The number of amides is 1. The van der Waals surface area contributed by atoms with Gasteiger partial charge in [-0.25, -0.2) is 14.4 Å². The molecule has 1 amide bonds. The summed E-state index contributed by atoms with van der Waals surface area (Å²) in [5, 5.41) is 0.653. The maximum atomic E-state index is 13.8. The minimum absolute atomic E-state index is 0.0836. The number of fused-ring (bicyclic) bond motifs is 1. The van der Waals surface area contributed by atoms with E-state index >= 15 is 0 Å². The highest BCUT2D eigenvalue weighted by molar-refractivity contribution is 7.22. The second kappa shape index (κ2) is 7.28. The summed E-state index contributed by atoms with van der Waals surface area (Å²) in [6.45, 7) is 0. The summed E-state index contributed by atoms with van der Waals surface area (Å²) in [7, 11) is 1.71. The van der Waals surface area contributed by atoms with Crippen molar-refractivity contribution < 1.29 is 13.6 Å². The first-order valence-electron chi connectivity index (χ1n) is 8.43. The Kier molecular flexibility index (Phi) is 4.68. The van der Waals surface area contributed by atoms with Gasteiger partial charge in [0.1, 0.15) is 5.82 Å². The first-order valence-corrected chi connectivity index (χ1v) is 9.25. The van der Waals surface area contributed by atoms with Crippen LogP contribution in [0, 0.1) is 5.82 Å². The van der Waals surface area contributed by atoms with Gasteiger partial charge in [-0.15, -0.1) is 0 Å². The van der Waals surface area contributed by atoms with Gasteiger partial charge in [0, 0.05) is 19.9 Å². The number of thiazole rings is 1. The average molecular weight is 381 g/mol. The molecule has 0 aliphatic heterocycles. The lowest BCUT2D eigenvalue weighted by Gasteiger charge is -2.12. The molecule has 2 aromatic heterocycles. The average Bonchev–Trinajstić information content (AvgIpc) is 3.32. The van der Waals surface area contributed by atoms with Crippen molar-refractivity contribution in [3.8, 4) is 11.3 Å². The summed E-state index contributed by atoms with van der Waals surface area (Å²) in [5.41, 5.74) is 1.23. The van der Waals surface area contributed by atoms with Crippen molar-refractivity contribution in [2.24, 2.45) is 0 Å². The molecule has 7 heteroatoms. The highest BCUT2D eigenvalue weighted by atomic mass is 32.1. The van der Waals surface area contributed by atoms with Gasteiger partial charge in [0.25, 0.3) is 0 Å². The van der Waals surface area contributed by atoms with Crippen LogP contribution in [0.5, 0.6) is 0 Å². The Balaban J connectivity index is 1.42. The zero-order valence-corrected chi connectivity index (χ0v) is 15.4. The third kappa shape index (κ3) is 3.59. The molecule has 0 unspecified atom stereocenters. The highest BCUT2D eigenvalue weighted by Crippen LogP contribution is 2.28. The van der Waals surface area contributed by atoms with Crippen molar-refractivity contribution >= 4 is 32.6 Å². The Hall–Kier alpha value is -3.06. The fourth-order valence-electron chi connectivity index (χ4n) is 2.70. The van der Waals surface area contributed by atoms with Crippen LogP contribution in [0.3, 0.4) is 0 Å². The lowest BCUT2D eigenvalue weighted by Crippen LogP contribution is -2.26. The summed E-state index contributed by atoms with van der Waals surface area (Å²) in [6, 6.07) is 14.1. The number of hydrogen-bond acceptors (Lipinski definition) is 5. The molecule has 4 rings (SSSR count). The van der Waals surface area contributed by atoms with Gasteiger partial charge in [0.2, 0.25) is 5.91 Å². The van der Waals surface area contributed by atoms with Crippen molar-refractivity contribution in [3.05, 3.63) is 66.4 Å². The molecule has 136 valence electrons. The fourth-order valence-corrected chi connectivity index (χ4v) is 3.65. The van der Waals surface area contributed by atoms with Crippen LogP contribution in [0.15, 0.2) is 59.1 Å². The SMILES string of the molecule is CN(C(=O)CCc1ncc(-c2ccccc2F)o1)c1nc2ccccc2s1. The first-order chi connectivity index (χ1) is 13.1. The number of halogens is 1. The second-order valence-corrected chi connectivity index (χ2v) is 7.02. The van der Waals surface area contributed by atoms with Gasteiger partial charge in [0.05, 0.1) is 22.0 Å². The Morgan fingerprint density at radius 2 is 1.96 bits per heavy atom. The van der Waals surface area contributed by atoms with Crippen molar-refractivity contribution in [3.63, 3.8) is 0 Å². The highest BCUT2D eigenvalue weighted by Gasteiger charge is 2.17. The number of para-hydroxylation sites is 1. The Morgan fingerprint density at radius 1 is 1.19 bits per heavy atom. The lowest BCUT2D eigenvalue weighted by molar-refractivity contribution is -0.118. The molecule has 0 N–H and O–H groups in total. The van der Waals surface area contributed by atoms with E-state index in [0.29, 0.717) is 28.8 Å². The topological polar surface area (TPSA) is 59.2 Å². The van der Waals surface area contributed by atoms with E-state index < -0.39 is 0 Å². The molecular weight excluding hydrogens is 365 g/mol. The predicted molar refractivity (Wildman–Crippen MR) is 103 cm³/mol. The van der Waals surface area contributed by atoms with E-state index in [1.807, 2.05) is 24.3 Å². The van der Waals surface area contributed by atoms with E-state index in [1.165, 1.54) is 23.6 Å². The zero-order valence-electron chi connectivity index (χ0n) is 14.6. The quantitative estimate of drug-likeness (QED) is 0.503. The molecule has 0 spiro atoms. The first kappa shape index (κ1) is 17.4. The van der Waals surface area contributed by atoms with E-state index in [4.69, 9.17) is 4.42 Å². The minimum Gasteiger partial charge on any atom is -0.441 e. The second-order valence-electron chi connectivity index (χ2n) is 6.02. The van der Waals surface area contributed by atoms with Crippen molar-refractivity contribution in [2.45, 2.75) is 12.8 Å². The number of oxazole rings is 1. The maximum absolute atomic E-state index is 13.8. The van der Waals surface area contributed by atoms with Crippen LogP contribution in [-0.4, -0.2) is 22.9 Å². The number of anilines is 1. The predicted octanol–water partition coefficient (Wildman–Crippen LogP) is 4.69. The molecular formula is C20H16FN3O2S. The smallest absolute Gasteiger partial charge is 0.229 e. The molecule has 2 aromatic carbocycles. The molecule has 0 fully saturated rings. The number of aromatic nitrogens is 2. The Morgan fingerprint density at radius 3 is 2.78 bits per heavy atom. The maximum Gasteiger partial charge on any atom is 0.229 e. The molecule has 0 aliphatic rings. The van der Waals surface area contributed by atoms with Crippen molar-refractivity contribution in [1.82, 2.24) is 9.97 Å². The summed E-state index contributed by atoms with van der Waals surface area (Å²) < 4.78 is 20.5. The summed E-state index contributed by atoms with van der Waals surface area (Å²) in [4.78, 5) is 22.7. The molecule has 4 aromatic rings. The normalized spacial score (nSPS) is 11.0. The number of carbonyl (C=O) groups excluding carboxylic acids is 1. The standard InChI is InChI=1S/C20H16FN3O2S/c1-24(20-23-15-8-4-5-9-17(15)27-20)19(25)11-10-18-22-12-16(26-18)13-6-2-3-7-14(13)21/h2-9,12H,10-11H2,1H3. The summed E-state index contributed by atoms with van der Waals surface area (Å²) >= 11 is 1.47. The van der Waals surface area contributed by atoms with E-state index in [2.05, 4.69) is 9.97 Å². The number of benzene rings is 2. The number of nitrogens with zero attached hydrogens (tertiary/aromatic N) is 3. The van der Waals surface area contributed by atoms with Crippen LogP contribution in [0.2, 0.25) is 0 Å². The van der Waals surface area contributed by atoms with Crippen LogP contribution in [-0.2, 0) is 11.2 Å². The molecule has 2 heterocycles. The fraction of sp³-hybridized carbons (Fsp3) is 0.150. The molecule has 0 atom stereocenters. The summed E-state index contributed by atoms with van der Waals surface area (Å²) in [5.74, 6) is 0.306. The van der Waals surface area contributed by atoms with Crippen LogP contribution < -0.4 is 4.90 Å². The third-order valence-corrected chi connectivity index (χ3v) is 5.30. The van der Waals surface area contributed by atoms with Gasteiger partial charge >= 0.3 is 0 Å². The van der Waals surface area contributed by atoms with Gasteiger partial charge in [-0.3, -0.25) is 9.69 Å². The molecule has 0 aliphatic carbocycles. The Bertz CT molecular complexity index is 1070. The molecule has 27 heavy (non-hydrogen) atoms. The number of hydrogen-bond donors (Lipinski definition) is 0. The van der Waals surface area contributed by atoms with Crippen LogP contribution in [0.4, 0.5) is 9.52 Å². The van der Waals surface area contributed by atoms with Crippen LogP contribution in [0.25, 0.3) is 21.5 Å². The summed E-state index contributed by atoms with van der Waals surface area (Å²) in [6.07, 6.45) is 2.04. The van der Waals surface area contributed by atoms with Gasteiger partial charge in [0.15, 0.2) is 16.8 Å². The molecule has 0 radical (unpaired) electrons. The van der Waals surface area contributed by atoms with Crippen LogP contribution in [0.1, 0.15) is 12.3 Å². The van der Waals surface area contributed by atoms with Crippen molar-refractivity contribution in [1.29, 1.82) is 0 Å². The molecule has 0 saturated heterocycles. The molecule has 0 bridgehead atoms. The van der Waals surface area contributed by atoms with Gasteiger partial charge in [-0.2, -0.15) is 0 Å². The number of aryl methyl sites for hydroxylation is 1. The van der Waals surface area contributed by atoms with E-state index in [-0.39, 0.29) is 18.1 Å². The molecule has 0 saturated carbocycles. The lowest BCUT2D eigenvalue weighted by atomic mass is 10.2. The van der Waals surface area contributed by atoms with E-state index in [0.717, 1.165) is 10.2 Å². The van der Waals surface area contributed by atoms with Crippen LogP contribution >= 0.6 is 11.3 Å². The van der Waals surface area contributed by atoms with Crippen molar-refractivity contribution in [2.75, 3.05) is 11.9 Å². The zero-order chi connectivity index (χ0) is 18.8. The number of rotatable bonds is 5.